The van der Waals surface area contributed by atoms with Gasteiger partial charge in [-0.25, -0.2) is 4.79 Å². The fraction of sp³-hybridized carbons (Fsp3) is 0.938. The summed E-state index contributed by atoms with van der Waals surface area (Å²) in [5, 5.41) is 8.52. The summed E-state index contributed by atoms with van der Waals surface area (Å²) in [6.07, 6.45) is 7.64. The van der Waals surface area contributed by atoms with Gasteiger partial charge in [0.05, 0.1) is 18.8 Å². The molecule has 0 aromatic carbocycles. The number of aliphatic hydroxyl groups is 1. The molecule has 0 amide bonds. The van der Waals surface area contributed by atoms with Gasteiger partial charge < -0.3 is 24.1 Å². The van der Waals surface area contributed by atoms with Gasteiger partial charge in [-0.1, -0.05) is 0 Å². The molecule has 4 aliphatic rings. The van der Waals surface area contributed by atoms with Crippen LogP contribution in [-0.4, -0.2) is 50.1 Å². The van der Waals surface area contributed by atoms with Crippen LogP contribution >= 0.6 is 0 Å². The van der Waals surface area contributed by atoms with Crippen LogP contribution in [0.15, 0.2) is 0 Å². The Morgan fingerprint density at radius 3 is 2.23 bits per heavy atom. The van der Waals surface area contributed by atoms with Gasteiger partial charge in [-0.15, -0.1) is 0 Å². The fourth-order valence-corrected chi connectivity index (χ4v) is 4.78. The molecule has 4 aliphatic carbocycles. The summed E-state index contributed by atoms with van der Waals surface area (Å²) in [6.45, 7) is -0.0852. The zero-order valence-electron chi connectivity index (χ0n) is 13.0. The maximum atomic E-state index is 11.3. The molecule has 6 nitrogen and oxygen atoms in total. The van der Waals surface area contributed by atoms with Crippen LogP contribution < -0.4 is 0 Å². The zero-order valence-corrected chi connectivity index (χ0v) is 13.0. The van der Waals surface area contributed by atoms with Gasteiger partial charge in [0, 0.05) is 0 Å². The van der Waals surface area contributed by atoms with Crippen LogP contribution in [0.2, 0.25) is 0 Å². The molecule has 4 rings (SSSR count). The Bertz CT molecular complexity index is 348. The maximum absolute atomic E-state index is 11.3. The molecule has 0 saturated heterocycles. The molecule has 126 valence electrons. The minimum atomic E-state index is -0.497. The monoisotopic (exact) mass is 314 g/mol. The van der Waals surface area contributed by atoms with Crippen molar-refractivity contribution in [3.63, 3.8) is 0 Å². The fourth-order valence-electron chi connectivity index (χ4n) is 4.78. The van der Waals surface area contributed by atoms with Crippen LogP contribution in [0.4, 0.5) is 0 Å². The third-order valence-corrected chi connectivity index (χ3v) is 5.19. The lowest BCUT2D eigenvalue weighted by Crippen LogP contribution is -2.52. The van der Waals surface area contributed by atoms with E-state index in [1.807, 2.05) is 0 Å². The smallest absolute Gasteiger partial charge is 0.334 e. The van der Waals surface area contributed by atoms with E-state index in [9.17, 15) is 4.79 Å². The molecule has 1 N–H and O–H groups in total. The van der Waals surface area contributed by atoms with E-state index in [0.717, 1.165) is 37.0 Å². The predicted molar refractivity (Wildman–Crippen MR) is 76.8 cm³/mol. The molecule has 0 radical (unpaired) electrons. The Kier molecular flexibility index (Phi) is 5.33. The first kappa shape index (κ1) is 16.2. The minimum absolute atomic E-state index is 0.0169. The van der Waals surface area contributed by atoms with Crippen LogP contribution in [0.1, 0.15) is 38.5 Å². The lowest BCUT2D eigenvalue weighted by molar-refractivity contribution is -0.226. The van der Waals surface area contributed by atoms with Crippen molar-refractivity contribution in [1.82, 2.24) is 0 Å². The second kappa shape index (κ2) is 7.25. The Balaban J connectivity index is 1.30. The highest BCUT2D eigenvalue weighted by atomic mass is 16.7. The van der Waals surface area contributed by atoms with Gasteiger partial charge in [0.1, 0.15) is 6.61 Å². The molecule has 0 unspecified atom stereocenters. The maximum Gasteiger partial charge on any atom is 0.334 e. The second-order valence-electron chi connectivity index (χ2n) is 6.98. The highest BCUT2D eigenvalue weighted by molar-refractivity contribution is 5.70. The Labute approximate surface area is 131 Å². The number of esters is 1. The van der Waals surface area contributed by atoms with Crippen LogP contribution in [0.25, 0.3) is 0 Å². The van der Waals surface area contributed by atoms with Gasteiger partial charge in [-0.2, -0.15) is 0 Å². The number of aliphatic hydroxyl groups excluding tert-OH is 1. The molecular formula is C16H26O6. The highest BCUT2D eigenvalue weighted by Gasteiger charge is 2.51. The molecule has 0 aliphatic heterocycles. The lowest BCUT2D eigenvalue weighted by atomic mass is 9.54. The van der Waals surface area contributed by atoms with E-state index in [2.05, 4.69) is 0 Å². The van der Waals surface area contributed by atoms with Gasteiger partial charge in [-0.05, 0) is 56.3 Å². The molecule has 0 spiro atoms. The van der Waals surface area contributed by atoms with Crippen LogP contribution in [-0.2, 0) is 23.7 Å². The first-order valence-corrected chi connectivity index (χ1v) is 8.25. The van der Waals surface area contributed by atoms with Crippen molar-refractivity contribution in [2.24, 2.45) is 17.8 Å². The number of carbonyl (C=O) groups is 1. The number of ether oxygens (including phenoxy) is 4. The number of carbonyl (C=O) groups excluding carboxylic acids is 1. The van der Waals surface area contributed by atoms with E-state index in [-0.39, 0.29) is 39.0 Å². The zero-order chi connectivity index (χ0) is 15.4. The number of hydrogen-bond acceptors (Lipinski definition) is 6. The molecule has 22 heavy (non-hydrogen) atoms. The van der Waals surface area contributed by atoms with Gasteiger partial charge in [-0.3, -0.25) is 0 Å². The van der Waals surface area contributed by atoms with Crippen molar-refractivity contribution in [3.05, 3.63) is 0 Å². The topological polar surface area (TPSA) is 74.2 Å². The second-order valence-corrected chi connectivity index (χ2v) is 6.98. The average molecular weight is 314 g/mol. The average Bonchev–Trinajstić information content (AvgIpc) is 2.45. The largest absolute Gasteiger partial charge is 0.437 e. The quantitative estimate of drug-likeness (QED) is 0.394. The van der Waals surface area contributed by atoms with Crippen molar-refractivity contribution in [3.8, 4) is 0 Å². The van der Waals surface area contributed by atoms with Crippen LogP contribution in [0, 0.1) is 17.8 Å². The summed E-state index contributed by atoms with van der Waals surface area (Å²) in [6, 6.07) is 0. The molecule has 4 bridgehead atoms. The first-order valence-electron chi connectivity index (χ1n) is 8.25. The van der Waals surface area contributed by atoms with E-state index in [1.165, 1.54) is 19.3 Å². The molecular weight excluding hydrogens is 288 g/mol. The molecule has 4 saturated carbocycles. The molecule has 0 atom stereocenters. The third-order valence-electron chi connectivity index (χ3n) is 5.19. The summed E-state index contributed by atoms with van der Waals surface area (Å²) in [7, 11) is 0. The molecule has 0 heterocycles. The van der Waals surface area contributed by atoms with Crippen LogP contribution in [0.5, 0.6) is 0 Å². The van der Waals surface area contributed by atoms with Crippen LogP contribution in [0.3, 0.4) is 0 Å². The summed E-state index contributed by atoms with van der Waals surface area (Å²) in [5.74, 6) is 2.02. The summed E-state index contributed by atoms with van der Waals surface area (Å²) >= 11 is 0. The first-order chi connectivity index (χ1) is 10.7. The van der Waals surface area contributed by atoms with Crippen molar-refractivity contribution in [2.45, 2.75) is 44.1 Å². The Hall–Kier alpha value is -0.690. The Morgan fingerprint density at radius 1 is 1.00 bits per heavy atom. The van der Waals surface area contributed by atoms with Crippen molar-refractivity contribution in [2.75, 3.05) is 33.4 Å². The SMILES string of the molecule is O=C(COCCO)OCOCOC12CC3CC(CC(C3)C1)C2. The van der Waals surface area contributed by atoms with Gasteiger partial charge in [0.25, 0.3) is 0 Å². The van der Waals surface area contributed by atoms with E-state index in [4.69, 9.17) is 24.1 Å². The van der Waals surface area contributed by atoms with E-state index in [1.54, 1.807) is 0 Å². The van der Waals surface area contributed by atoms with Crippen molar-refractivity contribution < 1.29 is 28.8 Å². The van der Waals surface area contributed by atoms with E-state index < -0.39 is 5.97 Å². The minimum Gasteiger partial charge on any atom is -0.437 e. The standard InChI is InChI=1S/C16H26O6/c17-1-2-19-9-15(18)21-10-20-11-22-16-6-12-3-13(7-16)5-14(4-12)8-16/h12-14,17H,1-11H2. The summed E-state index contributed by atoms with van der Waals surface area (Å²) in [4.78, 5) is 11.3. The molecule has 6 heteroatoms. The lowest BCUT2D eigenvalue weighted by Gasteiger charge is -2.56. The normalized spacial score (nSPS) is 35.8. The number of rotatable bonds is 9. The highest BCUT2D eigenvalue weighted by Crippen LogP contribution is 2.57. The van der Waals surface area contributed by atoms with E-state index >= 15 is 0 Å². The molecule has 4 fully saturated rings. The van der Waals surface area contributed by atoms with Crippen molar-refractivity contribution in [1.29, 1.82) is 0 Å². The molecule has 0 aromatic rings. The van der Waals surface area contributed by atoms with E-state index in [0.29, 0.717) is 0 Å². The number of hydrogen-bond donors (Lipinski definition) is 1. The summed E-state index contributed by atoms with van der Waals surface area (Å²) < 4.78 is 21.0. The predicted octanol–water partition coefficient (Wildman–Crippen LogP) is 1.46. The van der Waals surface area contributed by atoms with Gasteiger partial charge >= 0.3 is 5.97 Å². The summed E-state index contributed by atoms with van der Waals surface area (Å²) in [5.41, 5.74) is 0.0169. The van der Waals surface area contributed by atoms with Crippen molar-refractivity contribution >= 4 is 5.97 Å². The third kappa shape index (κ3) is 3.98. The van der Waals surface area contributed by atoms with Gasteiger partial charge in [0.2, 0.25) is 0 Å². The van der Waals surface area contributed by atoms with Gasteiger partial charge in [0.15, 0.2) is 13.6 Å². The Morgan fingerprint density at radius 2 is 1.64 bits per heavy atom. The molecule has 0 aromatic heterocycles.